The van der Waals surface area contributed by atoms with Crippen molar-refractivity contribution in [1.82, 2.24) is 15.1 Å². The lowest BCUT2D eigenvalue weighted by Gasteiger charge is -2.53. The van der Waals surface area contributed by atoms with Crippen molar-refractivity contribution in [2.75, 3.05) is 12.8 Å². The molecule has 2 heterocycles. The first-order valence-electron chi connectivity index (χ1n) is 6.55. The molecule has 0 bridgehead atoms. The number of anilines is 1. The highest BCUT2D eigenvalue weighted by Gasteiger charge is 2.43. The minimum absolute atomic E-state index is 0.169. The first kappa shape index (κ1) is 13.3. The Labute approximate surface area is 110 Å². The van der Waals surface area contributed by atoms with Gasteiger partial charge in [0.1, 0.15) is 5.82 Å². The van der Waals surface area contributed by atoms with Gasteiger partial charge in [-0.2, -0.15) is 5.10 Å². The summed E-state index contributed by atoms with van der Waals surface area (Å²) in [6.45, 7) is 9.19. The number of piperidine rings is 1. The number of nitrogen functional groups attached to an aromatic ring is 1. The Morgan fingerprint density at radius 3 is 2.28 bits per heavy atom. The second kappa shape index (κ2) is 4.19. The summed E-state index contributed by atoms with van der Waals surface area (Å²) in [7, 11) is 2.21. The standard InChI is InChI=1S/C14H24N4/c1-13(2)8-10(9-14(3,4)18(13)5)11-6-7-16-17-12(11)15/h6-7,10H,8-9H2,1-5H3,(H2,15,17). The molecule has 0 aliphatic carbocycles. The zero-order chi connectivity index (χ0) is 13.6. The van der Waals surface area contributed by atoms with Crippen molar-refractivity contribution in [3.05, 3.63) is 17.8 Å². The van der Waals surface area contributed by atoms with Gasteiger partial charge in [-0.3, -0.25) is 4.90 Å². The third-order valence-electron chi connectivity index (χ3n) is 4.53. The molecule has 2 rings (SSSR count). The van der Waals surface area contributed by atoms with Crippen molar-refractivity contribution in [2.24, 2.45) is 0 Å². The highest BCUT2D eigenvalue weighted by molar-refractivity contribution is 5.40. The van der Waals surface area contributed by atoms with Gasteiger partial charge in [-0.25, -0.2) is 0 Å². The lowest BCUT2D eigenvalue weighted by molar-refractivity contribution is -0.0127. The van der Waals surface area contributed by atoms with Crippen LogP contribution in [0.1, 0.15) is 52.0 Å². The second-order valence-corrected chi connectivity index (χ2v) is 6.66. The number of nitrogens with zero attached hydrogens (tertiary/aromatic N) is 3. The molecule has 4 heteroatoms. The van der Waals surface area contributed by atoms with Gasteiger partial charge in [0.05, 0.1) is 6.20 Å². The monoisotopic (exact) mass is 248 g/mol. The van der Waals surface area contributed by atoms with Crippen LogP contribution in [0.5, 0.6) is 0 Å². The Balaban J connectivity index is 2.35. The molecule has 0 radical (unpaired) electrons. The summed E-state index contributed by atoms with van der Waals surface area (Å²) in [5.74, 6) is 1.04. The van der Waals surface area contributed by atoms with Gasteiger partial charge < -0.3 is 5.73 Å². The van der Waals surface area contributed by atoms with Crippen molar-refractivity contribution in [3.8, 4) is 0 Å². The summed E-state index contributed by atoms with van der Waals surface area (Å²) in [6, 6.07) is 2.02. The molecule has 1 aliphatic rings. The van der Waals surface area contributed by atoms with Gasteiger partial charge in [-0.15, -0.1) is 5.10 Å². The molecule has 0 atom stereocenters. The van der Waals surface area contributed by atoms with E-state index in [1.54, 1.807) is 6.20 Å². The van der Waals surface area contributed by atoms with Crippen LogP contribution >= 0.6 is 0 Å². The zero-order valence-electron chi connectivity index (χ0n) is 12.1. The third kappa shape index (κ3) is 2.21. The van der Waals surface area contributed by atoms with Crippen LogP contribution in [0, 0.1) is 0 Å². The van der Waals surface area contributed by atoms with Gasteiger partial charge >= 0.3 is 0 Å². The minimum atomic E-state index is 0.169. The molecule has 0 saturated carbocycles. The van der Waals surface area contributed by atoms with Crippen LogP contribution in [0.25, 0.3) is 0 Å². The number of hydrogen-bond donors (Lipinski definition) is 1. The van der Waals surface area contributed by atoms with Crippen molar-refractivity contribution < 1.29 is 0 Å². The number of nitrogens with two attached hydrogens (primary N) is 1. The van der Waals surface area contributed by atoms with Gasteiger partial charge in [-0.1, -0.05) is 0 Å². The van der Waals surface area contributed by atoms with Crippen LogP contribution in [0.2, 0.25) is 0 Å². The molecule has 0 unspecified atom stereocenters. The van der Waals surface area contributed by atoms with Crippen molar-refractivity contribution in [3.63, 3.8) is 0 Å². The van der Waals surface area contributed by atoms with E-state index < -0.39 is 0 Å². The van der Waals surface area contributed by atoms with Crippen LogP contribution < -0.4 is 5.73 Å². The SMILES string of the molecule is CN1C(C)(C)CC(c2ccnnc2N)CC1(C)C. The smallest absolute Gasteiger partial charge is 0.149 e. The van der Waals surface area contributed by atoms with E-state index in [4.69, 9.17) is 5.73 Å². The molecule has 1 aliphatic heterocycles. The first-order chi connectivity index (χ1) is 8.24. The fourth-order valence-corrected chi connectivity index (χ4v) is 3.29. The normalized spacial score (nSPS) is 24.1. The number of likely N-dealkylation sites (tertiary alicyclic amines) is 1. The molecule has 18 heavy (non-hydrogen) atoms. The van der Waals surface area contributed by atoms with E-state index in [1.165, 1.54) is 0 Å². The predicted octanol–water partition coefficient (Wildman–Crippen LogP) is 2.43. The van der Waals surface area contributed by atoms with Crippen LogP contribution in [0.4, 0.5) is 5.82 Å². The van der Waals surface area contributed by atoms with E-state index in [0.717, 1.165) is 18.4 Å². The highest BCUT2D eigenvalue weighted by Crippen LogP contribution is 2.45. The zero-order valence-corrected chi connectivity index (χ0v) is 12.1. The van der Waals surface area contributed by atoms with Crippen molar-refractivity contribution in [2.45, 2.75) is 57.5 Å². The van der Waals surface area contributed by atoms with E-state index in [-0.39, 0.29) is 11.1 Å². The first-order valence-corrected chi connectivity index (χ1v) is 6.55. The Bertz CT molecular complexity index is 421. The van der Waals surface area contributed by atoms with Crippen LogP contribution in [-0.4, -0.2) is 33.2 Å². The van der Waals surface area contributed by atoms with Gasteiger partial charge in [0.25, 0.3) is 0 Å². The second-order valence-electron chi connectivity index (χ2n) is 6.66. The quantitative estimate of drug-likeness (QED) is 0.829. The fraction of sp³-hybridized carbons (Fsp3) is 0.714. The van der Waals surface area contributed by atoms with Gasteiger partial charge in [0.2, 0.25) is 0 Å². The van der Waals surface area contributed by atoms with Gasteiger partial charge in [0, 0.05) is 16.6 Å². The molecule has 0 amide bonds. The molecular formula is C14H24N4. The lowest BCUT2D eigenvalue weighted by atomic mass is 9.72. The van der Waals surface area contributed by atoms with E-state index >= 15 is 0 Å². The van der Waals surface area contributed by atoms with Crippen LogP contribution in [-0.2, 0) is 0 Å². The van der Waals surface area contributed by atoms with E-state index in [0.29, 0.717) is 11.7 Å². The average molecular weight is 248 g/mol. The molecule has 1 aromatic heterocycles. The van der Waals surface area contributed by atoms with Gasteiger partial charge in [-0.05, 0) is 59.6 Å². The molecule has 0 aromatic carbocycles. The number of aromatic nitrogens is 2. The average Bonchev–Trinajstić information content (AvgIpc) is 2.25. The van der Waals surface area contributed by atoms with E-state index in [9.17, 15) is 0 Å². The molecule has 1 aromatic rings. The number of hydrogen-bond acceptors (Lipinski definition) is 4. The topological polar surface area (TPSA) is 55.0 Å². The largest absolute Gasteiger partial charge is 0.382 e. The Morgan fingerprint density at radius 2 is 1.78 bits per heavy atom. The van der Waals surface area contributed by atoms with Crippen LogP contribution in [0.15, 0.2) is 12.3 Å². The number of rotatable bonds is 1. The molecule has 0 spiro atoms. The van der Waals surface area contributed by atoms with E-state index in [2.05, 4.69) is 49.8 Å². The summed E-state index contributed by atoms with van der Waals surface area (Å²) >= 11 is 0. The molecule has 1 saturated heterocycles. The maximum Gasteiger partial charge on any atom is 0.149 e. The molecular weight excluding hydrogens is 224 g/mol. The van der Waals surface area contributed by atoms with Crippen LogP contribution in [0.3, 0.4) is 0 Å². The lowest BCUT2D eigenvalue weighted by Crippen LogP contribution is -2.58. The minimum Gasteiger partial charge on any atom is -0.382 e. The molecule has 2 N–H and O–H groups in total. The molecule has 100 valence electrons. The maximum absolute atomic E-state index is 5.98. The predicted molar refractivity (Wildman–Crippen MR) is 74.3 cm³/mol. The fourth-order valence-electron chi connectivity index (χ4n) is 3.29. The Hall–Kier alpha value is -1.16. The molecule has 4 nitrogen and oxygen atoms in total. The van der Waals surface area contributed by atoms with Crippen molar-refractivity contribution in [1.29, 1.82) is 0 Å². The summed E-state index contributed by atoms with van der Waals surface area (Å²) < 4.78 is 0. The highest BCUT2D eigenvalue weighted by atomic mass is 15.2. The Kier molecular flexibility index (Phi) is 3.09. The van der Waals surface area contributed by atoms with E-state index in [1.807, 2.05) is 6.07 Å². The maximum atomic E-state index is 5.98. The Morgan fingerprint density at radius 1 is 1.22 bits per heavy atom. The summed E-state index contributed by atoms with van der Waals surface area (Å²) in [6.07, 6.45) is 3.94. The summed E-state index contributed by atoms with van der Waals surface area (Å²) in [5.41, 5.74) is 7.47. The summed E-state index contributed by atoms with van der Waals surface area (Å²) in [4.78, 5) is 2.47. The van der Waals surface area contributed by atoms with Gasteiger partial charge in [0.15, 0.2) is 0 Å². The summed E-state index contributed by atoms with van der Waals surface area (Å²) in [5, 5.41) is 7.83. The third-order valence-corrected chi connectivity index (χ3v) is 4.53. The molecule has 1 fully saturated rings. The van der Waals surface area contributed by atoms with Crippen molar-refractivity contribution >= 4 is 5.82 Å².